The summed E-state index contributed by atoms with van der Waals surface area (Å²) < 4.78 is 6.84. The van der Waals surface area contributed by atoms with Gasteiger partial charge in [-0.1, -0.05) is 30.0 Å². The highest BCUT2D eigenvalue weighted by Gasteiger charge is 2.14. The van der Waals surface area contributed by atoms with Crippen LogP contribution in [-0.2, 0) is 0 Å². The van der Waals surface area contributed by atoms with Gasteiger partial charge >= 0.3 is 0 Å². The van der Waals surface area contributed by atoms with Crippen molar-refractivity contribution in [3.05, 3.63) is 29.3 Å². The summed E-state index contributed by atoms with van der Waals surface area (Å²) in [6, 6.07) is 6.27. The van der Waals surface area contributed by atoms with Gasteiger partial charge < -0.3 is 9.64 Å². The molecule has 0 bridgehead atoms. The number of nitrogens with zero attached hydrogens (tertiary/aromatic N) is 1. The third-order valence-corrected chi connectivity index (χ3v) is 5.24. The first-order chi connectivity index (χ1) is 9.66. The smallest absolute Gasteiger partial charge is 0.136 e. The second-order valence-corrected chi connectivity index (χ2v) is 6.99. The number of rotatable bonds is 5. The fourth-order valence-electron chi connectivity index (χ4n) is 2.20. The Morgan fingerprint density at radius 3 is 2.70 bits per heavy atom. The molecule has 1 aliphatic rings. The molecule has 0 radical (unpaired) electrons. The van der Waals surface area contributed by atoms with Crippen molar-refractivity contribution < 1.29 is 4.74 Å². The molecular formula is C16H23NOS2. The maximum atomic E-state index is 5.78. The van der Waals surface area contributed by atoms with Gasteiger partial charge in [-0.05, 0) is 56.4 Å². The minimum absolute atomic E-state index is 0.762. The van der Waals surface area contributed by atoms with Crippen molar-refractivity contribution in [2.75, 3.05) is 25.4 Å². The number of benzene rings is 1. The number of aryl methyl sites for hydroxylation is 2. The van der Waals surface area contributed by atoms with E-state index in [1.807, 2.05) is 6.07 Å². The topological polar surface area (TPSA) is 12.5 Å². The number of hydrogen-bond donors (Lipinski definition) is 0. The minimum atomic E-state index is 0.762. The van der Waals surface area contributed by atoms with E-state index in [4.69, 9.17) is 17.0 Å². The molecule has 1 heterocycles. The lowest BCUT2D eigenvalue weighted by molar-refractivity contribution is 0.318. The zero-order valence-corrected chi connectivity index (χ0v) is 14.0. The highest BCUT2D eigenvalue weighted by atomic mass is 32.2. The molecule has 4 heteroatoms. The molecule has 0 aromatic heterocycles. The Bertz CT molecular complexity index is 456. The van der Waals surface area contributed by atoms with E-state index in [1.165, 1.54) is 24.0 Å². The first kappa shape index (κ1) is 15.6. The van der Waals surface area contributed by atoms with Gasteiger partial charge in [0.2, 0.25) is 0 Å². The van der Waals surface area contributed by atoms with Gasteiger partial charge in [-0.25, -0.2) is 0 Å². The van der Waals surface area contributed by atoms with E-state index < -0.39 is 0 Å². The van der Waals surface area contributed by atoms with Crippen molar-refractivity contribution in [3.8, 4) is 5.75 Å². The first-order valence-corrected chi connectivity index (χ1v) is 8.68. The molecule has 20 heavy (non-hydrogen) atoms. The van der Waals surface area contributed by atoms with Crippen LogP contribution in [0.15, 0.2) is 18.2 Å². The number of thioether (sulfide) groups is 1. The number of likely N-dealkylation sites (tertiary alicyclic amines) is 1. The lowest BCUT2D eigenvalue weighted by atomic mass is 10.1. The third-order valence-electron chi connectivity index (χ3n) is 3.63. The zero-order chi connectivity index (χ0) is 14.4. The lowest BCUT2D eigenvalue weighted by Gasteiger charge is -2.17. The Hall–Kier alpha value is -0.740. The molecule has 0 atom stereocenters. The summed E-state index contributed by atoms with van der Waals surface area (Å²) in [4.78, 5) is 2.32. The summed E-state index contributed by atoms with van der Waals surface area (Å²) in [6.07, 6.45) is 3.61. The molecule has 1 fully saturated rings. The first-order valence-electron chi connectivity index (χ1n) is 7.28. The molecule has 110 valence electrons. The highest BCUT2D eigenvalue weighted by molar-refractivity contribution is 8.22. The number of thiocarbonyl (C=S) groups is 1. The summed E-state index contributed by atoms with van der Waals surface area (Å²) in [7, 11) is 0. The SMILES string of the molecule is Cc1ccc(OCCCSC(=S)N2CCCC2)cc1C. The van der Waals surface area contributed by atoms with Gasteiger partial charge in [0, 0.05) is 18.8 Å². The largest absolute Gasteiger partial charge is 0.494 e. The lowest BCUT2D eigenvalue weighted by Crippen LogP contribution is -2.23. The van der Waals surface area contributed by atoms with Crippen LogP contribution in [-0.4, -0.2) is 34.7 Å². The molecule has 1 aromatic carbocycles. The van der Waals surface area contributed by atoms with Crippen LogP contribution in [0.1, 0.15) is 30.4 Å². The molecule has 0 amide bonds. The van der Waals surface area contributed by atoms with Gasteiger partial charge in [-0.3, -0.25) is 0 Å². The zero-order valence-electron chi connectivity index (χ0n) is 12.4. The number of hydrogen-bond acceptors (Lipinski definition) is 3. The molecule has 0 aliphatic carbocycles. The van der Waals surface area contributed by atoms with Crippen LogP contribution in [0, 0.1) is 13.8 Å². The van der Waals surface area contributed by atoms with Gasteiger partial charge in [-0.15, -0.1) is 0 Å². The summed E-state index contributed by atoms with van der Waals surface area (Å²) in [6.45, 7) is 7.29. The maximum Gasteiger partial charge on any atom is 0.136 e. The van der Waals surface area contributed by atoms with Crippen LogP contribution in [0.4, 0.5) is 0 Å². The maximum absolute atomic E-state index is 5.78. The van der Waals surface area contributed by atoms with Crippen LogP contribution < -0.4 is 4.74 Å². The normalized spacial score (nSPS) is 14.6. The van der Waals surface area contributed by atoms with Crippen LogP contribution in [0.2, 0.25) is 0 Å². The molecule has 1 aliphatic heterocycles. The van der Waals surface area contributed by atoms with Gasteiger partial charge in [0.1, 0.15) is 10.1 Å². The second-order valence-electron chi connectivity index (χ2n) is 5.26. The van der Waals surface area contributed by atoms with Crippen LogP contribution in [0.25, 0.3) is 0 Å². The van der Waals surface area contributed by atoms with Crippen LogP contribution >= 0.6 is 24.0 Å². The van der Waals surface area contributed by atoms with Crippen molar-refractivity contribution in [3.63, 3.8) is 0 Å². The van der Waals surface area contributed by atoms with Crippen molar-refractivity contribution in [2.24, 2.45) is 0 Å². The molecule has 2 nitrogen and oxygen atoms in total. The quantitative estimate of drug-likeness (QED) is 0.597. The predicted molar refractivity (Wildman–Crippen MR) is 91.9 cm³/mol. The molecule has 0 saturated carbocycles. The Labute approximate surface area is 131 Å². The van der Waals surface area contributed by atoms with E-state index >= 15 is 0 Å². The fraction of sp³-hybridized carbons (Fsp3) is 0.562. The van der Waals surface area contributed by atoms with Gasteiger partial charge in [-0.2, -0.15) is 0 Å². The Morgan fingerprint density at radius 2 is 2.00 bits per heavy atom. The van der Waals surface area contributed by atoms with Crippen LogP contribution in [0.5, 0.6) is 5.75 Å². The molecule has 1 saturated heterocycles. The Balaban J connectivity index is 1.61. The van der Waals surface area contributed by atoms with Crippen molar-refractivity contribution in [1.82, 2.24) is 4.90 Å². The van der Waals surface area contributed by atoms with E-state index in [1.54, 1.807) is 11.8 Å². The van der Waals surface area contributed by atoms with Crippen LogP contribution in [0.3, 0.4) is 0 Å². The molecule has 0 unspecified atom stereocenters. The van der Waals surface area contributed by atoms with E-state index in [0.717, 1.165) is 41.9 Å². The average Bonchev–Trinajstić information content (AvgIpc) is 2.96. The summed E-state index contributed by atoms with van der Waals surface area (Å²) in [5.41, 5.74) is 2.59. The van der Waals surface area contributed by atoms with E-state index in [0.29, 0.717) is 0 Å². The number of ether oxygens (including phenoxy) is 1. The van der Waals surface area contributed by atoms with Crippen molar-refractivity contribution in [2.45, 2.75) is 33.1 Å². The van der Waals surface area contributed by atoms with Gasteiger partial charge in [0.05, 0.1) is 6.61 Å². The van der Waals surface area contributed by atoms with E-state index in [-0.39, 0.29) is 0 Å². The average molecular weight is 310 g/mol. The molecule has 2 rings (SSSR count). The Kier molecular flexibility index (Phi) is 6.17. The van der Waals surface area contributed by atoms with Gasteiger partial charge in [0.25, 0.3) is 0 Å². The molecule has 0 spiro atoms. The van der Waals surface area contributed by atoms with Gasteiger partial charge in [0.15, 0.2) is 0 Å². The second kappa shape index (κ2) is 7.89. The Morgan fingerprint density at radius 1 is 1.25 bits per heavy atom. The predicted octanol–water partition coefficient (Wildman–Crippen LogP) is 4.19. The third kappa shape index (κ3) is 4.67. The van der Waals surface area contributed by atoms with E-state index in [2.05, 4.69) is 30.9 Å². The highest BCUT2D eigenvalue weighted by Crippen LogP contribution is 2.18. The van der Waals surface area contributed by atoms with Crippen molar-refractivity contribution in [1.29, 1.82) is 0 Å². The summed E-state index contributed by atoms with van der Waals surface area (Å²) in [5, 5.41) is 0. The van der Waals surface area contributed by atoms with Crippen molar-refractivity contribution >= 4 is 28.3 Å². The monoisotopic (exact) mass is 309 g/mol. The van der Waals surface area contributed by atoms with E-state index in [9.17, 15) is 0 Å². The fourth-order valence-corrected chi connectivity index (χ4v) is 3.44. The minimum Gasteiger partial charge on any atom is -0.494 e. The summed E-state index contributed by atoms with van der Waals surface area (Å²) in [5.74, 6) is 2.01. The molecule has 0 N–H and O–H groups in total. The standard InChI is InChI=1S/C16H23NOS2/c1-13-6-7-15(12-14(13)2)18-10-5-11-20-16(19)17-8-3-4-9-17/h6-7,12H,3-5,8-11H2,1-2H3. The molecular weight excluding hydrogens is 286 g/mol. The molecule has 1 aromatic rings. The summed E-state index contributed by atoms with van der Waals surface area (Å²) >= 11 is 7.23.